The molecule has 0 saturated carbocycles. The van der Waals surface area contributed by atoms with Gasteiger partial charge < -0.3 is 14.6 Å². The molecule has 0 aliphatic heterocycles. The summed E-state index contributed by atoms with van der Waals surface area (Å²) >= 11 is 1.70. The number of nitriles is 1. The van der Waals surface area contributed by atoms with E-state index in [9.17, 15) is 14.9 Å². The van der Waals surface area contributed by atoms with Gasteiger partial charge in [0.1, 0.15) is 11.4 Å². The second-order valence-corrected chi connectivity index (χ2v) is 7.88. The first-order chi connectivity index (χ1) is 15.5. The van der Waals surface area contributed by atoms with E-state index in [1.165, 1.54) is 6.07 Å². The number of benzene rings is 2. The molecule has 32 heavy (non-hydrogen) atoms. The summed E-state index contributed by atoms with van der Waals surface area (Å²) in [5, 5.41) is 16.6. The normalized spacial score (nSPS) is 10.8. The zero-order chi connectivity index (χ0) is 22.7. The minimum atomic E-state index is -0.734. The molecule has 1 amide bonds. The lowest BCUT2D eigenvalue weighted by atomic mass is 10.1. The van der Waals surface area contributed by atoms with Crippen molar-refractivity contribution < 1.29 is 14.1 Å². The minimum absolute atomic E-state index is 0.115. The zero-order valence-corrected chi connectivity index (χ0v) is 18.2. The van der Waals surface area contributed by atoms with Gasteiger partial charge in [0.25, 0.3) is 5.91 Å². The summed E-state index contributed by atoms with van der Waals surface area (Å²) in [6, 6.07) is 14.2. The summed E-state index contributed by atoms with van der Waals surface area (Å²) in [5.41, 5.74) is 2.33. The lowest BCUT2D eigenvalue weighted by Crippen LogP contribution is -2.16. The number of para-hydroxylation sites is 1. The van der Waals surface area contributed by atoms with E-state index >= 15 is 0 Å². The smallest absolute Gasteiger partial charge is 0.439 e. The number of aromatic nitrogens is 3. The predicted octanol–water partition coefficient (Wildman–Crippen LogP) is 3.39. The summed E-state index contributed by atoms with van der Waals surface area (Å²) in [6.45, 7) is 0.567. The van der Waals surface area contributed by atoms with Gasteiger partial charge in [-0.05, 0) is 36.6 Å². The molecule has 2 aromatic carbocycles. The molecule has 2 N–H and O–H groups in total. The number of amides is 1. The molecular weight excluding hydrogens is 430 g/mol. The highest BCUT2D eigenvalue weighted by Gasteiger charge is 2.19. The Kier molecular flexibility index (Phi) is 6.00. The van der Waals surface area contributed by atoms with Gasteiger partial charge in [-0.15, -0.1) is 0 Å². The molecule has 0 unspecified atom stereocenters. The third-order valence-electron chi connectivity index (χ3n) is 4.89. The maximum atomic E-state index is 13.2. The highest BCUT2D eigenvalue weighted by Crippen LogP contribution is 2.30. The van der Waals surface area contributed by atoms with E-state index in [0.717, 1.165) is 16.7 Å². The molecule has 0 fully saturated rings. The molecule has 9 nitrogen and oxygen atoms in total. The summed E-state index contributed by atoms with van der Waals surface area (Å²) in [7, 11) is 1.80. The predicted molar refractivity (Wildman–Crippen MR) is 122 cm³/mol. The fourth-order valence-electron chi connectivity index (χ4n) is 3.40. The molecule has 0 bridgehead atoms. The number of hydrogen-bond acceptors (Lipinski definition) is 7. The van der Waals surface area contributed by atoms with Gasteiger partial charge in [0.05, 0.1) is 29.4 Å². The molecule has 0 saturated heterocycles. The highest BCUT2D eigenvalue weighted by atomic mass is 32.2. The van der Waals surface area contributed by atoms with Gasteiger partial charge in [-0.2, -0.15) is 17.0 Å². The standard InChI is InChI=1S/C22H19N5O4S/c1-27-17(11-14-4-3-5-18(19(14)27)30-8-9-32-2)21(28)24-16-7-6-13(12-23)10-15(16)20-25-22(29)31-26-20/h3-7,10-11H,8-9H2,1-2H3,(H,24,28)(H,25,26,29). The van der Waals surface area contributed by atoms with Gasteiger partial charge in [0.2, 0.25) is 0 Å². The number of fused-ring (bicyclic) bond motifs is 1. The molecule has 2 heterocycles. The second kappa shape index (κ2) is 9.03. The molecular formula is C22H19N5O4S. The van der Waals surface area contributed by atoms with Crippen molar-refractivity contribution in [3.05, 3.63) is 64.3 Å². The van der Waals surface area contributed by atoms with Crippen molar-refractivity contribution >= 4 is 34.3 Å². The number of carbonyl (C=O) groups is 1. The van der Waals surface area contributed by atoms with Gasteiger partial charge in [0.15, 0.2) is 5.82 Å². The van der Waals surface area contributed by atoms with Crippen LogP contribution in [0.25, 0.3) is 22.3 Å². The topological polar surface area (TPSA) is 126 Å². The van der Waals surface area contributed by atoms with E-state index in [4.69, 9.17) is 4.74 Å². The molecule has 0 atom stereocenters. The van der Waals surface area contributed by atoms with Crippen LogP contribution in [0.1, 0.15) is 16.1 Å². The SMILES string of the molecule is CSCCOc1cccc2cc(C(=O)Nc3ccc(C#N)cc3-c3noc(=O)[nH]3)n(C)c12. The van der Waals surface area contributed by atoms with Crippen molar-refractivity contribution in [2.24, 2.45) is 7.05 Å². The molecule has 4 aromatic rings. The molecule has 0 aliphatic rings. The average molecular weight is 449 g/mol. The Bertz CT molecular complexity index is 1400. The number of hydrogen-bond donors (Lipinski definition) is 2. The van der Waals surface area contributed by atoms with Crippen LogP contribution in [0.4, 0.5) is 5.69 Å². The summed E-state index contributed by atoms with van der Waals surface area (Å²) in [6.07, 6.45) is 2.01. The second-order valence-electron chi connectivity index (χ2n) is 6.89. The number of H-pyrrole nitrogens is 1. The molecule has 0 radical (unpaired) electrons. The van der Waals surface area contributed by atoms with Crippen LogP contribution in [-0.2, 0) is 7.05 Å². The van der Waals surface area contributed by atoms with Gasteiger partial charge in [-0.3, -0.25) is 14.3 Å². The number of ether oxygens (including phenoxy) is 1. The van der Waals surface area contributed by atoms with Crippen molar-refractivity contribution in [2.75, 3.05) is 23.9 Å². The maximum absolute atomic E-state index is 13.2. The lowest BCUT2D eigenvalue weighted by Gasteiger charge is -2.11. The Morgan fingerprint density at radius 1 is 1.34 bits per heavy atom. The largest absolute Gasteiger partial charge is 0.491 e. The maximum Gasteiger partial charge on any atom is 0.439 e. The van der Waals surface area contributed by atoms with E-state index in [2.05, 4.69) is 20.0 Å². The number of nitrogens with one attached hydrogen (secondary N) is 2. The van der Waals surface area contributed by atoms with Crippen LogP contribution in [0, 0.1) is 11.3 Å². The van der Waals surface area contributed by atoms with E-state index in [0.29, 0.717) is 34.9 Å². The Balaban J connectivity index is 1.69. The number of aromatic amines is 1. The first-order valence-corrected chi connectivity index (χ1v) is 11.0. The van der Waals surface area contributed by atoms with E-state index in [1.54, 1.807) is 41.6 Å². The quantitative estimate of drug-likeness (QED) is 0.414. The number of nitrogens with zero attached hydrogens (tertiary/aromatic N) is 3. The van der Waals surface area contributed by atoms with Gasteiger partial charge >= 0.3 is 5.76 Å². The molecule has 162 valence electrons. The molecule has 4 rings (SSSR count). The number of thioether (sulfide) groups is 1. The highest BCUT2D eigenvalue weighted by molar-refractivity contribution is 7.98. The third kappa shape index (κ3) is 4.10. The van der Waals surface area contributed by atoms with E-state index < -0.39 is 5.76 Å². The Morgan fingerprint density at radius 2 is 2.19 bits per heavy atom. The van der Waals surface area contributed by atoms with Crippen LogP contribution in [0.2, 0.25) is 0 Å². The van der Waals surface area contributed by atoms with Gasteiger partial charge in [-0.25, -0.2) is 4.79 Å². The van der Waals surface area contributed by atoms with E-state index in [1.807, 2.05) is 30.5 Å². The number of rotatable bonds is 7. The van der Waals surface area contributed by atoms with Crippen molar-refractivity contribution in [1.29, 1.82) is 5.26 Å². The molecule has 0 aliphatic carbocycles. The van der Waals surface area contributed by atoms with Gasteiger partial charge in [-0.1, -0.05) is 17.3 Å². The molecule has 10 heteroatoms. The number of anilines is 1. The van der Waals surface area contributed by atoms with Crippen molar-refractivity contribution in [3.63, 3.8) is 0 Å². The van der Waals surface area contributed by atoms with E-state index in [-0.39, 0.29) is 11.7 Å². The summed E-state index contributed by atoms with van der Waals surface area (Å²) in [4.78, 5) is 27.0. The fourth-order valence-corrected chi connectivity index (χ4v) is 3.65. The summed E-state index contributed by atoms with van der Waals surface area (Å²) in [5.74, 6) is 0.582. The van der Waals surface area contributed by atoms with Crippen molar-refractivity contribution in [3.8, 4) is 23.2 Å². The average Bonchev–Trinajstić information content (AvgIpc) is 3.38. The fraction of sp³-hybridized carbons (Fsp3) is 0.182. The van der Waals surface area contributed by atoms with Crippen molar-refractivity contribution in [1.82, 2.24) is 14.7 Å². The third-order valence-corrected chi connectivity index (χ3v) is 5.46. The van der Waals surface area contributed by atoms with Crippen LogP contribution < -0.4 is 15.8 Å². The Labute approximate surface area is 187 Å². The number of carbonyl (C=O) groups excluding carboxylic acids is 1. The first-order valence-electron chi connectivity index (χ1n) is 9.64. The van der Waals surface area contributed by atoms with Crippen LogP contribution in [0.3, 0.4) is 0 Å². The van der Waals surface area contributed by atoms with Crippen LogP contribution in [-0.4, -0.2) is 39.2 Å². The van der Waals surface area contributed by atoms with Crippen LogP contribution in [0.5, 0.6) is 5.75 Å². The first kappa shape index (κ1) is 21.3. The molecule has 0 spiro atoms. The Morgan fingerprint density at radius 3 is 2.91 bits per heavy atom. The molecule has 2 aromatic heterocycles. The Hall–Kier alpha value is -3.97. The monoisotopic (exact) mass is 449 g/mol. The minimum Gasteiger partial charge on any atom is -0.491 e. The zero-order valence-electron chi connectivity index (χ0n) is 17.3. The lowest BCUT2D eigenvalue weighted by molar-refractivity contribution is 0.102. The number of aryl methyl sites for hydroxylation is 1. The summed E-state index contributed by atoms with van der Waals surface area (Å²) < 4.78 is 12.3. The van der Waals surface area contributed by atoms with Gasteiger partial charge in [0, 0.05) is 23.8 Å². The van der Waals surface area contributed by atoms with Crippen LogP contribution >= 0.6 is 11.8 Å². The van der Waals surface area contributed by atoms with Crippen molar-refractivity contribution in [2.45, 2.75) is 0 Å². The van der Waals surface area contributed by atoms with Crippen LogP contribution in [0.15, 0.2) is 51.8 Å².